The molecule has 1 amide bonds. The molecule has 0 bridgehead atoms. The van der Waals surface area contributed by atoms with Crippen LogP contribution in [0.4, 0.5) is 5.82 Å². The molecular weight excluding hydrogens is 252 g/mol. The van der Waals surface area contributed by atoms with Gasteiger partial charge in [-0.2, -0.15) is 0 Å². The third-order valence-electron chi connectivity index (χ3n) is 4.50. The Hall–Kier alpha value is -1.65. The van der Waals surface area contributed by atoms with Crippen LogP contribution in [0.3, 0.4) is 0 Å². The summed E-state index contributed by atoms with van der Waals surface area (Å²) >= 11 is 0. The summed E-state index contributed by atoms with van der Waals surface area (Å²) in [5.41, 5.74) is 0.470. The molecule has 2 aliphatic rings. The zero-order valence-electron chi connectivity index (χ0n) is 12.0. The summed E-state index contributed by atoms with van der Waals surface area (Å²) in [5.74, 6) is 1.48. The van der Waals surface area contributed by atoms with Crippen molar-refractivity contribution in [1.29, 1.82) is 0 Å². The van der Waals surface area contributed by atoms with Gasteiger partial charge in [0.05, 0.1) is 12.4 Å². The summed E-state index contributed by atoms with van der Waals surface area (Å²) in [5, 5.41) is 3.09. The Bertz CT molecular complexity index is 473. The minimum Gasteiger partial charge on any atom is -0.369 e. The number of carbonyl (C=O) groups excluding carboxylic acids is 1. The minimum absolute atomic E-state index is 0.0509. The van der Waals surface area contributed by atoms with Gasteiger partial charge in [-0.15, -0.1) is 0 Å². The number of rotatable bonds is 3. The summed E-state index contributed by atoms with van der Waals surface area (Å²) in [7, 11) is 0. The van der Waals surface area contributed by atoms with Crippen molar-refractivity contribution >= 4 is 11.7 Å². The predicted octanol–water partition coefficient (Wildman–Crippen LogP) is 2.31. The Morgan fingerprint density at radius 1 is 1.30 bits per heavy atom. The molecule has 2 atom stereocenters. The van der Waals surface area contributed by atoms with Gasteiger partial charge in [-0.05, 0) is 32.1 Å². The van der Waals surface area contributed by atoms with Gasteiger partial charge in [-0.1, -0.05) is 12.8 Å². The van der Waals surface area contributed by atoms with Crippen molar-refractivity contribution < 1.29 is 4.79 Å². The lowest BCUT2D eigenvalue weighted by Gasteiger charge is -2.31. The number of carbonyl (C=O) groups is 1. The number of nitrogens with one attached hydrogen (secondary N) is 1. The molecule has 0 aromatic carbocycles. The molecule has 1 aliphatic carbocycles. The molecule has 5 heteroatoms. The van der Waals surface area contributed by atoms with Gasteiger partial charge >= 0.3 is 0 Å². The largest absolute Gasteiger partial charge is 0.369 e. The van der Waals surface area contributed by atoms with E-state index in [1.165, 1.54) is 19.3 Å². The number of hydrogen-bond acceptors (Lipinski definition) is 4. The third-order valence-corrected chi connectivity index (χ3v) is 4.50. The molecule has 1 saturated carbocycles. The number of anilines is 1. The van der Waals surface area contributed by atoms with Gasteiger partial charge < -0.3 is 10.2 Å². The Labute approximate surface area is 119 Å². The maximum Gasteiger partial charge on any atom is 0.274 e. The highest BCUT2D eigenvalue weighted by atomic mass is 16.2. The number of amides is 1. The average molecular weight is 274 g/mol. The lowest BCUT2D eigenvalue weighted by Crippen LogP contribution is -2.39. The first kappa shape index (κ1) is 13.3. The lowest BCUT2D eigenvalue weighted by molar-refractivity contribution is 0.0683. The molecule has 5 nitrogen and oxygen atoms in total. The molecule has 1 aromatic heterocycles. The van der Waals surface area contributed by atoms with Gasteiger partial charge in [0.2, 0.25) is 0 Å². The molecule has 1 N–H and O–H groups in total. The van der Waals surface area contributed by atoms with E-state index in [1.54, 1.807) is 12.4 Å². The fourth-order valence-corrected chi connectivity index (χ4v) is 3.52. The van der Waals surface area contributed by atoms with Gasteiger partial charge in [0.1, 0.15) is 11.5 Å². The number of fused-ring (bicyclic) bond motifs is 1. The summed E-state index contributed by atoms with van der Waals surface area (Å²) in [6.45, 7) is 3.69. The highest BCUT2D eigenvalue weighted by molar-refractivity contribution is 5.92. The molecule has 3 rings (SSSR count). The van der Waals surface area contributed by atoms with Crippen LogP contribution in [0.2, 0.25) is 0 Å². The van der Waals surface area contributed by atoms with Crippen LogP contribution in [0, 0.1) is 5.92 Å². The predicted molar refractivity (Wildman–Crippen MR) is 77.6 cm³/mol. The Morgan fingerprint density at radius 2 is 2.15 bits per heavy atom. The summed E-state index contributed by atoms with van der Waals surface area (Å²) < 4.78 is 0. The number of hydrogen-bond donors (Lipinski definition) is 1. The summed E-state index contributed by atoms with van der Waals surface area (Å²) in [4.78, 5) is 23.1. The van der Waals surface area contributed by atoms with E-state index in [0.717, 1.165) is 31.7 Å². The van der Waals surface area contributed by atoms with Crippen molar-refractivity contribution in [3.63, 3.8) is 0 Å². The molecule has 1 aliphatic heterocycles. The SMILES string of the molecule is CCNc1cnc(C(=O)N2CCC3CCCCC32)cn1. The van der Waals surface area contributed by atoms with E-state index in [4.69, 9.17) is 0 Å². The molecule has 1 aromatic rings. The van der Waals surface area contributed by atoms with Crippen LogP contribution in [0.1, 0.15) is 49.5 Å². The highest BCUT2D eigenvalue weighted by Gasteiger charge is 2.38. The van der Waals surface area contributed by atoms with E-state index in [-0.39, 0.29) is 5.91 Å². The maximum atomic E-state index is 12.6. The molecule has 0 spiro atoms. The number of nitrogens with zero attached hydrogens (tertiary/aromatic N) is 3. The fourth-order valence-electron chi connectivity index (χ4n) is 3.52. The monoisotopic (exact) mass is 274 g/mol. The van der Waals surface area contributed by atoms with Crippen molar-refractivity contribution in [2.75, 3.05) is 18.4 Å². The summed E-state index contributed by atoms with van der Waals surface area (Å²) in [6.07, 6.45) is 9.39. The van der Waals surface area contributed by atoms with E-state index in [1.807, 2.05) is 11.8 Å². The van der Waals surface area contributed by atoms with Crippen LogP contribution in [-0.2, 0) is 0 Å². The first-order chi connectivity index (χ1) is 9.79. The number of aromatic nitrogens is 2. The van der Waals surface area contributed by atoms with Gasteiger partial charge in [0.25, 0.3) is 5.91 Å². The van der Waals surface area contributed by atoms with E-state index >= 15 is 0 Å². The topological polar surface area (TPSA) is 58.1 Å². The second-order valence-electron chi connectivity index (χ2n) is 5.72. The molecule has 2 fully saturated rings. The smallest absolute Gasteiger partial charge is 0.274 e. The Kier molecular flexibility index (Phi) is 3.85. The van der Waals surface area contributed by atoms with Crippen molar-refractivity contribution in [3.05, 3.63) is 18.1 Å². The Balaban J connectivity index is 1.72. The third kappa shape index (κ3) is 2.49. The van der Waals surface area contributed by atoms with E-state index in [0.29, 0.717) is 17.7 Å². The average Bonchev–Trinajstić information content (AvgIpc) is 2.92. The fraction of sp³-hybridized carbons (Fsp3) is 0.667. The van der Waals surface area contributed by atoms with Crippen LogP contribution >= 0.6 is 0 Å². The molecule has 2 heterocycles. The molecule has 2 unspecified atom stereocenters. The molecular formula is C15H22N4O. The van der Waals surface area contributed by atoms with Crippen LogP contribution in [0.25, 0.3) is 0 Å². The van der Waals surface area contributed by atoms with Crippen LogP contribution in [0.5, 0.6) is 0 Å². The van der Waals surface area contributed by atoms with Gasteiger partial charge in [0, 0.05) is 19.1 Å². The normalized spacial score (nSPS) is 25.4. The van der Waals surface area contributed by atoms with Gasteiger partial charge in [0.15, 0.2) is 0 Å². The van der Waals surface area contributed by atoms with Crippen molar-refractivity contribution in [3.8, 4) is 0 Å². The van der Waals surface area contributed by atoms with E-state index in [2.05, 4.69) is 15.3 Å². The zero-order valence-corrected chi connectivity index (χ0v) is 12.0. The molecule has 20 heavy (non-hydrogen) atoms. The molecule has 108 valence electrons. The van der Waals surface area contributed by atoms with Crippen molar-refractivity contribution in [2.24, 2.45) is 5.92 Å². The van der Waals surface area contributed by atoms with Gasteiger partial charge in [-0.25, -0.2) is 9.97 Å². The first-order valence-corrected chi connectivity index (χ1v) is 7.66. The maximum absolute atomic E-state index is 12.6. The number of likely N-dealkylation sites (tertiary alicyclic amines) is 1. The van der Waals surface area contributed by atoms with E-state index in [9.17, 15) is 4.79 Å². The zero-order chi connectivity index (χ0) is 13.9. The van der Waals surface area contributed by atoms with Crippen LogP contribution in [-0.4, -0.2) is 39.9 Å². The Morgan fingerprint density at radius 3 is 2.90 bits per heavy atom. The molecule has 0 radical (unpaired) electrons. The lowest BCUT2D eigenvalue weighted by atomic mass is 9.85. The van der Waals surface area contributed by atoms with Gasteiger partial charge in [-0.3, -0.25) is 4.79 Å². The van der Waals surface area contributed by atoms with Crippen molar-refractivity contribution in [1.82, 2.24) is 14.9 Å². The van der Waals surface area contributed by atoms with Crippen LogP contribution < -0.4 is 5.32 Å². The quantitative estimate of drug-likeness (QED) is 0.919. The second kappa shape index (κ2) is 5.77. The molecule has 1 saturated heterocycles. The first-order valence-electron chi connectivity index (χ1n) is 7.66. The van der Waals surface area contributed by atoms with E-state index < -0.39 is 0 Å². The van der Waals surface area contributed by atoms with Crippen molar-refractivity contribution in [2.45, 2.75) is 45.1 Å². The highest BCUT2D eigenvalue weighted by Crippen LogP contribution is 2.36. The standard InChI is InChI=1S/C15H22N4O/c1-2-16-14-10-17-12(9-18-14)15(20)19-8-7-11-5-3-4-6-13(11)19/h9-11,13H,2-8H2,1H3,(H,16,18). The summed E-state index contributed by atoms with van der Waals surface area (Å²) in [6, 6.07) is 0.437. The van der Waals surface area contributed by atoms with Crippen LogP contribution in [0.15, 0.2) is 12.4 Å². The minimum atomic E-state index is 0.0509. The second-order valence-corrected chi connectivity index (χ2v) is 5.72.